The van der Waals surface area contributed by atoms with E-state index in [0.29, 0.717) is 5.02 Å². The standard InChI is InChI=1S/C17H14ClN3O3S/c1-11-2-8-14(15(10-11)21(23)24)19-17(25)20-16(22)9-5-12-3-6-13(18)7-4-12/h2-10H,1H3,(H2,19,20,22,25)/b9-5+. The largest absolute Gasteiger partial charge is 0.327 e. The van der Waals surface area contributed by atoms with Gasteiger partial charge in [-0.15, -0.1) is 0 Å². The second-order valence-corrected chi connectivity index (χ2v) is 5.95. The van der Waals surface area contributed by atoms with Crippen LogP contribution in [0, 0.1) is 17.0 Å². The Kier molecular flexibility index (Phi) is 6.21. The number of carbonyl (C=O) groups excluding carboxylic acids is 1. The fourth-order valence-corrected chi connectivity index (χ4v) is 2.29. The highest BCUT2D eigenvalue weighted by atomic mass is 35.5. The van der Waals surface area contributed by atoms with E-state index < -0.39 is 10.8 Å². The molecule has 6 nitrogen and oxygen atoms in total. The van der Waals surface area contributed by atoms with Crippen LogP contribution in [0.1, 0.15) is 11.1 Å². The van der Waals surface area contributed by atoms with Crippen molar-refractivity contribution in [3.05, 3.63) is 74.8 Å². The van der Waals surface area contributed by atoms with Crippen molar-refractivity contribution in [2.24, 2.45) is 0 Å². The minimum absolute atomic E-state index is 0.0299. The number of aryl methyl sites for hydroxylation is 1. The zero-order chi connectivity index (χ0) is 18.4. The summed E-state index contributed by atoms with van der Waals surface area (Å²) in [6.45, 7) is 1.75. The van der Waals surface area contributed by atoms with Crippen LogP contribution in [0.4, 0.5) is 11.4 Å². The fraction of sp³-hybridized carbons (Fsp3) is 0.0588. The average Bonchev–Trinajstić information content (AvgIpc) is 2.55. The van der Waals surface area contributed by atoms with Crippen LogP contribution >= 0.6 is 23.8 Å². The van der Waals surface area contributed by atoms with Crippen molar-refractivity contribution < 1.29 is 9.72 Å². The van der Waals surface area contributed by atoms with Gasteiger partial charge in [-0.2, -0.15) is 0 Å². The lowest BCUT2D eigenvalue weighted by Gasteiger charge is -2.09. The second kappa shape index (κ2) is 8.36. The Bertz CT molecular complexity index is 851. The monoisotopic (exact) mass is 375 g/mol. The van der Waals surface area contributed by atoms with Gasteiger partial charge in [0.2, 0.25) is 5.91 Å². The Morgan fingerprint density at radius 1 is 1.24 bits per heavy atom. The highest BCUT2D eigenvalue weighted by Gasteiger charge is 2.15. The van der Waals surface area contributed by atoms with Crippen LogP contribution in [0.5, 0.6) is 0 Å². The smallest absolute Gasteiger partial charge is 0.292 e. The molecule has 0 radical (unpaired) electrons. The molecule has 0 spiro atoms. The molecule has 2 aromatic carbocycles. The molecule has 0 unspecified atom stereocenters. The summed E-state index contributed by atoms with van der Waals surface area (Å²) in [5, 5.41) is 16.7. The Morgan fingerprint density at radius 3 is 2.56 bits per heavy atom. The van der Waals surface area contributed by atoms with Crippen LogP contribution in [0.25, 0.3) is 6.08 Å². The quantitative estimate of drug-likeness (QED) is 0.364. The molecule has 2 rings (SSSR count). The number of nitro benzene ring substituents is 1. The number of carbonyl (C=O) groups is 1. The lowest BCUT2D eigenvalue weighted by molar-refractivity contribution is -0.383. The molecule has 0 aliphatic heterocycles. The third-order valence-electron chi connectivity index (χ3n) is 3.13. The minimum atomic E-state index is -0.514. The molecule has 128 valence electrons. The van der Waals surface area contributed by atoms with E-state index in [4.69, 9.17) is 23.8 Å². The maximum Gasteiger partial charge on any atom is 0.292 e. The first-order chi connectivity index (χ1) is 11.8. The molecule has 25 heavy (non-hydrogen) atoms. The summed E-state index contributed by atoms with van der Waals surface area (Å²) in [6.07, 6.45) is 2.91. The Morgan fingerprint density at radius 2 is 1.92 bits per heavy atom. The minimum Gasteiger partial charge on any atom is -0.327 e. The van der Waals surface area contributed by atoms with E-state index in [0.717, 1.165) is 11.1 Å². The van der Waals surface area contributed by atoms with E-state index in [1.54, 1.807) is 43.3 Å². The number of thiocarbonyl (C=S) groups is 1. The first kappa shape index (κ1) is 18.6. The van der Waals surface area contributed by atoms with E-state index in [2.05, 4.69) is 10.6 Å². The summed E-state index contributed by atoms with van der Waals surface area (Å²) in [6, 6.07) is 11.6. The van der Waals surface area contributed by atoms with Crippen molar-refractivity contribution in [3.8, 4) is 0 Å². The SMILES string of the molecule is Cc1ccc(NC(=S)NC(=O)/C=C/c2ccc(Cl)cc2)c([N+](=O)[O-])c1. The van der Waals surface area contributed by atoms with Gasteiger partial charge in [-0.1, -0.05) is 29.8 Å². The second-order valence-electron chi connectivity index (χ2n) is 5.11. The van der Waals surface area contributed by atoms with Crippen LogP contribution in [0.2, 0.25) is 5.02 Å². The predicted molar refractivity (Wildman–Crippen MR) is 103 cm³/mol. The van der Waals surface area contributed by atoms with Gasteiger partial charge >= 0.3 is 0 Å². The number of anilines is 1. The van der Waals surface area contributed by atoms with Gasteiger partial charge in [0.25, 0.3) is 5.69 Å². The third kappa shape index (κ3) is 5.66. The average molecular weight is 376 g/mol. The number of rotatable bonds is 4. The molecule has 0 bridgehead atoms. The van der Waals surface area contributed by atoms with Gasteiger partial charge < -0.3 is 5.32 Å². The van der Waals surface area contributed by atoms with Crippen molar-refractivity contribution in [2.45, 2.75) is 6.92 Å². The molecule has 0 saturated carbocycles. The van der Waals surface area contributed by atoms with Crippen molar-refractivity contribution in [2.75, 3.05) is 5.32 Å². The zero-order valence-electron chi connectivity index (χ0n) is 13.2. The molecular formula is C17H14ClN3O3S. The van der Waals surface area contributed by atoms with E-state index >= 15 is 0 Å². The zero-order valence-corrected chi connectivity index (χ0v) is 14.7. The van der Waals surface area contributed by atoms with Gasteiger partial charge in [0.15, 0.2) is 5.11 Å². The molecule has 0 atom stereocenters. The van der Waals surface area contributed by atoms with Gasteiger partial charge in [0.05, 0.1) is 4.92 Å². The Labute approximate surface area is 154 Å². The molecule has 2 aromatic rings. The number of amides is 1. The number of nitrogens with zero attached hydrogens (tertiary/aromatic N) is 1. The fourth-order valence-electron chi connectivity index (χ4n) is 1.95. The summed E-state index contributed by atoms with van der Waals surface area (Å²) in [5.74, 6) is -0.456. The molecule has 0 aliphatic carbocycles. The van der Waals surface area contributed by atoms with Gasteiger partial charge in [-0.3, -0.25) is 20.2 Å². The normalized spacial score (nSPS) is 10.5. The van der Waals surface area contributed by atoms with Gasteiger partial charge in [-0.05, 0) is 54.5 Å². The summed E-state index contributed by atoms with van der Waals surface area (Å²) >= 11 is 10.8. The van der Waals surface area contributed by atoms with Gasteiger partial charge in [0.1, 0.15) is 5.69 Å². The molecule has 8 heteroatoms. The molecule has 1 amide bonds. The molecule has 0 heterocycles. The van der Waals surface area contributed by atoms with E-state index in [1.807, 2.05) is 0 Å². The molecule has 0 fully saturated rings. The van der Waals surface area contributed by atoms with Crippen molar-refractivity contribution in [3.63, 3.8) is 0 Å². The van der Waals surface area contributed by atoms with Crippen LogP contribution in [0.3, 0.4) is 0 Å². The van der Waals surface area contributed by atoms with Gasteiger partial charge in [-0.25, -0.2) is 0 Å². The van der Waals surface area contributed by atoms with Crippen LogP contribution in [0.15, 0.2) is 48.5 Å². The molecule has 0 aromatic heterocycles. The van der Waals surface area contributed by atoms with E-state index in [9.17, 15) is 14.9 Å². The summed E-state index contributed by atoms with van der Waals surface area (Å²) in [5.41, 5.74) is 1.64. The predicted octanol–water partition coefficient (Wildman–Crippen LogP) is 4.08. The number of nitro groups is 1. The van der Waals surface area contributed by atoms with E-state index in [-0.39, 0.29) is 16.5 Å². The number of hydrogen-bond donors (Lipinski definition) is 2. The van der Waals surface area contributed by atoms with Crippen molar-refractivity contribution in [1.29, 1.82) is 0 Å². The third-order valence-corrected chi connectivity index (χ3v) is 3.59. The highest BCUT2D eigenvalue weighted by Crippen LogP contribution is 2.25. The molecule has 0 saturated heterocycles. The van der Waals surface area contributed by atoms with Crippen LogP contribution in [-0.2, 0) is 4.79 Å². The summed E-state index contributed by atoms with van der Waals surface area (Å²) < 4.78 is 0. The van der Waals surface area contributed by atoms with Crippen LogP contribution in [-0.4, -0.2) is 15.9 Å². The first-order valence-electron chi connectivity index (χ1n) is 7.16. The van der Waals surface area contributed by atoms with E-state index in [1.165, 1.54) is 18.2 Å². The lowest BCUT2D eigenvalue weighted by Crippen LogP contribution is -2.33. The number of hydrogen-bond acceptors (Lipinski definition) is 4. The molecular weight excluding hydrogens is 362 g/mol. The van der Waals surface area contributed by atoms with Crippen molar-refractivity contribution in [1.82, 2.24) is 5.32 Å². The summed E-state index contributed by atoms with van der Waals surface area (Å²) in [4.78, 5) is 22.4. The lowest BCUT2D eigenvalue weighted by atomic mass is 10.2. The molecule has 2 N–H and O–H groups in total. The van der Waals surface area contributed by atoms with Crippen molar-refractivity contribution >= 4 is 52.3 Å². The topological polar surface area (TPSA) is 84.3 Å². The maximum atomic E-state index is 11.9. The van der Waals surface area contributed by atoms with Crippen LogP contribution < -0.4 is 10.6 Å². The number of nitrogens with one attached hydrogen (secondary N) is 2. The Hall–Kier alpha value is -2.77. The number of halogens is 1. The maximum absolute atomic E-state index is 11.9. The Balaban J connectivity index is 1.99. The van der Waals surface area contributed by atoms with Gasteiger partial charge in [0, 0.05) is 17.2 Å². The highest BCUT2D eigenvalue weighted by molar-refractivity contribution is 7.80. The first-order valence-corrected chi connectivity index (χ1v) is 7.94. The summed E-state index contributed by atoms with van der Waals surface area (Å²) in [7, 11) is 0. The molecule has 0 aliphatic rings. The number of benzene rings is 2.